The Labute approximate surface area is 175 Å². The molecular weight excluding hydrogens is 382 g/mol. The van der Waals surface area contributed by atoms with Gasteiger partial charge in [0.25, 0.3) is 0 Å². The highest BCUT2D eigenvalue weighted by atomic mass is 16.5. The third-order valence-electron chi connectivity index (χ3n) is 5.68. The molecule has 2 fully saturated rings. The minimum Gasteiger partial charge on any atom is -0.394 e. The molecular formula is C23H23N3O4. The third-order valence-corrected chi connectivity index (χ3v) is 5.68. The molecule has 1 N–H and O–H groups in total. The fourth-order valence-electron chi connectivity index (χ4n) is 4.27. The van der Waals surface area contributed by atoms with Gasteiger partial charge >= 0.3 is 0 Å². The van der Waals surface area contributed by atoms with Crippen LogP contribution in [-0.4, -0.2) is 77.2 Å². The molecule has 0 unspecified atom stereocenters. The maximum atomic E-state index is 12.6. The zero-order valence-electron chi connectivity index (χ0n) is 16.7. The lowest BCUT2D eigenvalue weighted by Gasteiger charge is -2.58. The van der Waals surface area contributed by atoms with E-state index in [1.165, 1.54) is 7.11 Å². The summed E-state index contributed by atoms with van der Waals surface area (Å²) in [6.07, 6.45) is 3.42. The van der Waals surface area contributed by atoms with Crippen molar-refractivity contribution in [1.29, 1.82) is 0 Å². The predicted molar refractivity (Wildman–Crippen MR) is 109 cm³/mol. The number of fused-ring (bicyclic) bond motifs is 1. The number of ether oxygens (including phenoxy) is 1. The van der Waals surface area contributed by atoms with Crippen LogP contribution < -0.4 is 0 Å². The molecule has 2 saturated heterocycles. The minimum atomic E-state index is -0.269. The van der Waals surface area contributed by atoms with Gasteiger partial charge in [-0.05, 0) is 29.8 Å². The molecule has 2 aliphatic heterocycles. The molecule has 1 aromatic carbocycles. The number of hydrogen-bond donors (Lipinski definition) is 1. The molecule has 7 nitrogen and oxygen atoms in total. The molecule has 0 radical (unpaired) electrons. The van der Waals surface area contributed by atoms with E-state index in [1.54, 1.807) is 22.2 Å². The van der Waals surface area contributed by atoms with Gasteiger partial charge in [-0.1, -0.05) is 24.0 Å². The van der Waals surface area contributed by atoms with Gasteiger partial charge in [0, 0.05) is 43.1 Å². The first-order chi connectivity index (χ1) is 14.6. The number of pyridine rings is 1. The number of piperazine rings is 1. The Morgan fingerprint density at radius 3 is 2.67 bits per heavy atom. The Balaban J connectivity index is 1.52. The lowest BCUT2D eigenvalue weighted by atomic mass is 9.73. The molecule has 3 atom stereocenters. The molecule has 2 aromatic rings. The molecule has 2 aliphatic rings. The summed E-state index contributed by atoms with van der Waals surface area (Å²) in [7, 11) is 1.46. The zero-order valence-corrected chi connectivity index (χ0v) is 16.7. The van der Waals surface area contributed by atoms with E-state index in [4.69, 9.17) is 4.74 Å². The topological polar surface area (TPSA) is 83.0 Å². The summed E-state index contributed by atoms with van der Waals surface area (Å²) in [5.41, 5.74) is 2.74. The maximum absolute atomic E-state index is 12.6. The Kier molecular flexibility index (Phi) is 5.79. The van der Waals surface area contributed by atoms with Crippen molar-refractivity contribution in [3.63, 3.8) is 0 Å². The number of carbonyl (C=O) groups excluding carboxylic acids is 2. The van der Waals surface area contributed by atoms with E-state index in [2.05, 4.69) is 16.8 Å². The second-order valence-electron chi connectivity index (χ2n) is 7.47. The van der Waals surface area contributed by atoms with E-state index >= 15 is 0 Å². The molecule has 2 amide bonds. The molecule has 0 spiro atoms. The molecule has 3 heterocycles. The van der Waals surface area contributed by atoms with Gasteiger partial charge in [-0.2, -0.15) is 0 Å². The van der Waals surface area contributed by atoms with E-state index in [0.29, 0.717) is 6.54 Å². The van der Waals surface area contributed by atoms with Gasteiger partial charge in [0.05, 0.1) is 25.2 Å². The first-order valence-corrected chi connectivity index (χ1v) is 9.83. The molecule has 30 heavy (non-hydrogen) atoms. The van der Waals surface area contributed by atoms with Crippen molar-refractivity contribution in [1.82, 2.24) is 14.8 Å². The van der Waals surface area contributed by atoms with Gasteiger partial charge in [0.2, 0.25) is 11.8 Å². The van der Waals surface area contributed by atoms with Crippen molar-refractivity contribution in [2.45, 2.75) is 18.0 Å². The highest BCUT2D eigenvalue weighted by molar-refractivity contribution is 5.88. The Morgan fingerprint density at radius 2 is 2.00 bits per heavy atom. The second kappa shape index (κ2) is 8.66. The number of aromatic nitrogens is 1. The van der Waals surface area contributed by atoms with Crippen LogP contribution in [-0.2, 0) is 14.3 Å². The first kappa shape index (κ1) is 20.1. The summed E-state index contributed by atoms with van der Waals surface area (Å²) < 4.78 is 4.92. The van der Waals surface area contributed by atoms with Crippen molar-refractivity contribution in [2.75, 3.05) is 33.4 Å². The number of hydrogen-bond acceptors (Lipinski definition) is 5. The van der Waals surface area contributed by atoms with E-state index in [9.17, 15) is 14.7 Å². The quantitative estimate of drug-likeness (QED) is 0.755. The van der Waals surface area contributed by atoms with Crippen molar-refractivity contribution >= 4 is 11.8 Å². The predicted octanol–water partition coefficient (Wildman–Crippen LogP) is 0.625. The van der Waals surface area contributed by atoms with Crippen LogP contribution in [0.25, 0.3) is 0 Å². The highest BCUT2D eigenvalue weighted by Gasteiger charge is 2.54. The van der Waals surface area contributed by atoms with Gasteiger partial charge < -0.3 is 19.6 Å². The molecule has 7 heteroatoms. The number of carbonyl (C=O) groups is 2. The minimum absolute atomic E-state index is 0.0302. The number of amides is 2. The monoisotopic (exact) mass is 405 g/mol. The van der Waals surface area contributed by atoms with Crippen LogP contribution in [0.4, 0.5) is 0 Å². The summed E-state index contributed by atoms with van der Waals surface area (Å²) in [5.74, 6) is 5.83. The number of methoxy groups -OCH3 is 1. The van der Waals surface area contributed by atoms with Crippen LogP contribution >= 0.6 is 0 Å². The van der Waals surface area contributed by atoms with E-state index < -0.39 is 0 Å². The van der Waals surface area contributed by atoms with Crippen LogP contribution in [0, 0.1) is 11.8 Å². The average Bonchev–Trinajstić information content (AvgIpc) is 2.75. The fraction of sp³-hybridized carbons (Fsp3) is 0.348. The average molecular weight is 405 g/mol. The summed E-state index contributed by atoms with van der Waals surface area (Å²) in [6, 6.07) is 11.2. The summed E-state index contributed by atoms with van der Waals surface area (Å²) in [6.45, 7) is 0.322. The van der Waals surface area contributed by atoms with Crippen molar-refractivity contribution < 1.29 is 19.4 Å². The van der Waals surface area contributed by atoms with Crippen LogP contribution in [0.15, 0.2) is 48.8 Å². The molecule has 4 rings (SSSR count). The molecule has 0 saturated carbocycles. The smallest absolute Gasteiger partial charge is 0.249 e. The van der Waals surface area contributed by atoms with Gasteiger partial charge in [0.1, 0.15) is 6.61 Å². The fourth-order valence-corrected chi connectivity index (χ4v) is 4.27. The van der Waals surface area contributed by atoms with E-state index in [1.807, 2.05) is 36.4 Å². The van der Waals surface area contributed by atoms with Crippen molar-refractivity contribution in [3.05, 3.63) is 65.5 Å². The molecule has 1 aromatic heterocycles. The number of aliphatic hydroxyl groups excluding tert-OH is 1. The lowest BCUT2D eigenvalue weighted by molar-refractivity contribution is -0.168. The molecule has 0 aliphatic carbocycles. The Hall–Kier alpha value is -3.21. The van der Waals surface area contributed by atoms with Gasteiger partial charge in [-0.3, -0.25) is 14.6 Å². The largest absolute Gasteiger partial charge is 0.394 e. The van der Waals surface area contributed by atoms with Crippen molar-refractivity contribution in [2.24, 2.45) is 0 Å². The van der Waals surface area contributed by atoms with Gasteiger partial charge in [-0.25, -0.2) is 0 Å². The first-order valence-electron chi connectivity index (χ1n) is 9.83. The standard InChI is InChI=1S/C23H23N3O4/c1-30-15-22(29)25-12-19-23(20(14-27)26(19)21(28)13-25)18-8-6-16(7-9-18)4-5-17-3-2-10-24-11-17/h2-3,6-11,19-20,23,27H,12-15H2,1H3/t19-,20+,23-/m1/s1. The number of aliphatic hydroxyl groups is 1. The van der Waals surface area contributed by atoms with Crippen LogP contribution in [0.2, 0.25) is 0 Å². The molecule has 0 bridgehead atoms. The lowest BCUT2D eigenvalue weighted by Crippen LogP contribution is -2.73. The second-order valence-corrected chi connectivity index (χ2v) is 7.47. The van der Waals surface area contributed by atoms with E-state index in [0.717, 1.165) is 16.7 Å². The van der Waals surface area contributed by atoms with Gasteiger partial charge in [0.15, 0.2) is 0 Å². The van der Waals surface area contributed by atoms with E-state index in [-0.39, 0.29) is 49.6 Å². The Morgan fingerprint density at radius 1 is 1.23 bits per heavy atom. The third kappa shape index (κ3) is 3.80. The SMILES string of the molecule is COCC(=O)N1CC(=O)N2[C@H](C1)[C@@H](c1ccc(C#Cc3cccnc3)cc1)[C@@H]2CO. The van der Waals surface area contributed by atoms with Crippen LogP contribution in [0.5, 0.6) is 0 Å². The van der Waals surface area contributed by atoms with Crippen molar-refractivity contribution in [3.8, 4) is 11.8 Å². The summed E-state index contributed by atoms with van der Waals surface area (Å²) >= 11 is 0. The number of benzene rings is 1. The zero-order chi connectivity index (χ0) is 21.1. The summed E-state index contributed by atoms with van der Waals surface area (Å²) in [4.78, 5) is 32.1. The van der Waals surface area contributed by atoms with Crippen LogP contribution in [0.1, 0.15) is 22.6 Å². The summed E-state index contributed by atoms with van der Waals surface area (Å²) in [5, 5.41) is 9.88. The molecule has 154 valence electrons. The van der Waals surface area contributed by atoms with Gasteiger partial charge in [-0.15, -0.1) is 0 Å². The van der Waals surface area contributed by atoms with Crippen LogP contribution in [0.3, 0.4) is 0 Å². The number of nitrogens with zero attached hydrogens (tertiary/aromatic N) is 3. The highest BCUT2D eigenvalue weighted by Crippen LogP contribution is 2.42. The Bertz CT molecular complexity index is 981. The maximum Gasteiger partial charge on any atom is 0.249 e. The number of rotatable bonds is 4. The normalized spacial score (nSPS) is 22.6.